The summed E-state index contributed by atoms with van der Waals surface area (Å²) in [5.74, 6) is 0.936. The average Bonchev–Trinajstić information content (AvgIpc) is 3.58. The Morgan fingerprint density at radius 2 is 1.97 bits per heavy atom. The third-order valence-electron chi connectivity index (χ3n) is 8.41. The lowest BCUT2D eigenvalue weighted by atomic mass is 9.97. The van der Waals surface area contributed by atoms with Crippen LogP contribution in [0.25, 0.3) is 10.9 Å². The van der Waals surface area contributed by atoms with Crippen LogP contribution < -0.4 is 10.1 Å². The molecule has 6 rings (SSSR count). The fraction of sp³-hybridized carbons (Fsp3) is 0.419. The van der Waals surface area contributed by atoms with Crippen LogP contribution in [0.3, 0.4) is 0 Å². The van der Waals surface area contributed by atoms with Gasteiger partial charge in [-0.15, -0.1) is 0 Å². The lowest BCUT2D eigenvalue weighted by Gasteiger charge is -2.38. The molecule has 4 heterocycles. The third kappa shape index (κ3) is 4.51. The first-order valence-electron chi connectivity index (χ1n) is 13.7. The smallest absolute Gasteiger partial charge is 0.256 e. The van der Waals surface area contributed by atoms with Gasteiger partial charge in [-0.3, -0.25) is 14.9 Å². The minimum Gasteiger partial charge on any atom is -0.496 e. The van der Waals surface area contributed by atoms with Crippen molar-refractivity contribution in [2.75, 3.05) is 26.7 Å². The Bertz CT molecular complexity index is 1490. The van der Waals surface area contributed by atoms with E-state index in [0.717, 1.165) is 51.0 Å². The highest BCUT2D eigenvalue weighted by atomic mass is 16.6. The van der Waals surface area contributed by atoms with E-state index in [1.807, 2.05) is 17.0 Å². The number of hydrogen-bond acceptors (Lipinski definition) is 5. The second kappa shape index (κ2) is 9.84. The SMILES string of the molecule is C=CC(=O)N1CC(NC2OC2Cn2c(C)c(C(=O)N3CCc4c(cccc4OC)C3)c3cc(C)cc(C)c32)C1. The van der Waals surface area contributed by atoms with Crippen molar-refractivity contribution in [3.05, 3.63) is 76.5 Å². The zero-order chi connectivity index (χ0) is 27.4. The van der Waals surface area contributed by atoms with E-state index in [1.165, 1.54) is 11.6 Å². The van der Waals surface area contributed by atoms with E-state index in [2.05, 4.69) is 55.4 Å². The van der Waals surface area contributed by atoms with Crippen molar-refractivity contribution in [3.8, 4) is 5.75 Å². The van der Waals surface area contributed by atoms with Gasteiger partial charge in [0.05, 0.1) is 24.7 Å². The van der Waals surface area contributed by atoms with E-state index < -0.39 is 0 Å². The number of fused-ring (bicyclic) bond motifs is 2. The standard InChI is InChI=1S/C31H36N4O4/c1-6-27(36)34-15-22(16-34)32-30-26(39-30)17-35-20(4)28(24-13-18(2)12-19(3)29(24)35)31(37)33-11-10-23-21(14-33)8-7-9-25(23)38-5/h6-9,12-13,22,26,30,32H,1,10-11,14-17H2,2-5H3. The van der Waals surface area contributed by atoms with Crippen molar-refractivity contribution in [3.63, 3.8) is 0 Å². The Morgan fingerprint density at radius 3 is 2.72 bits per heavy atom. The van der Waals surface area contributed by atoms with Crippen LogP contribution in [0.2, 0.25) is 0 Å². The monoisotopic (exact) mass is 528 g/mol. The van der Waals surface area contributed by atoms with Crippen LogP contribution in [0.15, 0.2) is 43.0 Å². The van der Waals surface area contributed by atoms with Crippen LogP contribution >= 0.6 is 0 Å². The summed E-state index contributed by atoms with van der Waals surface area (Å²) in [4.78, 5) is 29.6. The first-order chi connectivity index (χ1) is 18.8. The number of carbonyl (C=O) groups is 2. The quantitative estimate of drug-likeness (QED) is 0.375. The first-order valence-corrected chi connectivity index (χ1v) is 13.7. The van der Waals surface area contributed by atoms with Crippen LogP contribution in [0.1, 0.15) is 38.3 Å². The van der Waals surface area contributed by atoms with Gasteiger partial charge in [-0.05, 0) is 56.5 Å². The second-order valence-corrected chi connectivity index (χ2v) is 11.0. The molecular weight excluding hydrogens is 492 g/mol. The number of nitrogens with zero attached hydrogens (tertiary/aromatic N) is 3. The molecule has 8 heteroatoms. The molecule has 2 saturated heterocycles. The first kappa shape index (κ1) is 25.6. The summed E-state index contributed by atoms with van der Waals surface area (Å²) < 4.78 is 13.8. The number of likely N-dealkylation sites (tertiary alicyclic amines) is 1. The van der Waals surface area contributed by atoms with Crippen molar-refractivity contribution < 1.29 is 19.1 Å². The molecule has 2 fully saturated rings. The number of benzene rings is 2. The number of epoxide rings is 1. The minimum absolute atomic E-state index is 0.0152. The van der Waals surface area contributed by atoms with Crippen molar-refractivity contribution >= 4 is 22.7 Å². The number of nitrogens with one attached hydrogen (secondary N) is 1. The molecule has 3 aliphatic heterocycles. The molecule has 2 unspecified atom stereocenters. The van der Waals surface area contributed by atoms with Gasteiger partial charge >= 0.3 is 0 Å². The molecular formula is C31H36N4O4. The summed E-state index contributed by atoms with van der Waals surface area (Å²) in [7, 11) is 1.70. The predicted octanol–water partition coefficient (Wildman–Crippen LogP) is 3.48. The van der Waals surface area contributed by atoms with Crippen molar-refractivity contribution in [1.82, 2.24) is 19.7 Å². The van der Waals surface area contributed by atoms with E-state index >= 15 is 0 Å². The molecule has 0 bridgehead atoms. The normalized spacial score (nSPS) is 20.5. The van der Waals surface area contributed by atoms with E-state index in [-0.39, 0.29) is 30.2 Å². The highest BCUT2D eigenvalue weighted by Gasteiger charge is 2.44. The Hall–Kier alpha value is -3.62. The summed E-state index contributed by atoms with van der Waals surface area (Å²) in [6.45, 7) is 13.1. The highest BCUT2D eigenvalue weighted by Crippen LogP contribution is 2.35. The Kier molecular flexibility index (Phi) is 6.47. The number of amides is 2. The molecule has 1 aromatic heterocycles. The number of aromatic nitrogens is 1. The average molecular weight is 529 g/mol. The fourth-order valence-corrected chi connectivity index (χ4v) is 6.34. The van der Waals surface area contributed by atoms with Crippen LogP contribution in [-0.4, -0.2) is 71.3 Å². The van der Waals surface area contributed by atoms with Gasteiger partial charge < -0.3 is 23.8 Å². The van der Waals surface area contributed by atoms with Gasteiger partial charge in [-0.1, -0.05) is 30.3 Å². The third-order valence-corrected chi connectivity index (χ3v) is 8.41. The molecule has 1 N–H and O–H groups in total. The second-order valence-electron chi connectivity index (χ2n) is 11.0. The molecule has 3 aromatic rings. The molecule has 0 spiro atoms. The maximum absolute atomic E-state index is 14.1. The van der Waals surface area contributed by atoms with Crippen LogP contribution in [0.5, 0.6) is 5.75 Å². The van der Waals surface area contributed by atoms with Gasteiger partial charge in [0.2, 0.25) is 5.91 Å². The molecule has 2 atom stereocenters. The Labute approximate surface area is 229 Å². The lowest BCUT2D eigenvalue weighted by molar-refractivity contribution is -0.130. The number of rotatable bonds is 7. The van der Waals surface area contributed by atoms with Gasteiger partial charge in [-0.25, -0.2) is 0 Å². The van der Waals surface area contributed by atoms with Crippen molar-refractivity contribution in [2.24, 2.45) is 0 Å². The summed E-state index contributed by atoms with van der Waals surface area (Å²) in [6.07, 6.45) is 2.10. The van der Waals surface area contributed by atoms with E-state index in [0.29, 0.717) is 32.7 Å². The number of methoxy groups -OCH3 is 1. The maximum atomic E-state index is 14.1. The molecule has 0 radical (unpaired) electrons. The molecule has 0 saturated carbocycles. The fourth-order valence-electron chi connectivity index (χ4n) is 6.34. The largest absolute Gasteiger partial charge is 0.496 e. The molecule has 39 heavy (non-hydrogen) atoms. The zero-order valence-corrected chi connectivity index (χ0v) is 23.1. The summed E-state index contributed by atoms with van der Waals surface area (Å²) in [6, 6.07) is 10.6. The molecule has 8 nitrogen and oxygen atoms in total. The van der Waals surface area contributed by atoms with Gasteiger partial charge in [0.25, 0.3) is 5.91 Å². The van der Waals surface area contributed by atoms with Crippen LogP contribution in [-0.2, 0) is 29.0 Å². The van der Waals surface area contributed by atoms with Crippen LogP contribution in [0, 0.1) is 20.8 Å². The van der Waals surface area contributed by atoms with Crippen molar-refractivity contribution in [1.29, 1.82) is 0 Å². The molecule has 204 valence electrons. The van der Waals surface area contributed by atoms with Gasteiger partial charge in [0.15, 0.2) is 0 Å². The Morgan fingerprint density at radius 1 is 1.18 bits per heavy atom. The summed E-state index contributed by atoms with van der Waals surface area (Å²) >= 11 is 0. The number of ether oxygens (including phenoxy) is 2. The summed E-state index contributed by atoms with van der Waals surface area (Å²) in [5.41, 5.74) is 7.50. The lowest BCUT2D eigenvalue weighted by Crippen LogP contribution is -2.60. The predicted molar refractivity (Wildman–Crippen MR) is 150 cm³/mol. The topological polar surface area (TPSA) is 79.3 Å². The number of carbonyl (C=O) groups excluding carboxylic acids is 2. The Balaban J connectivity index is 1.24. The van der Waals surface area contributed by atoms with Gasteiger partial charge in [0, 0.05) is 48.9 Å². The minimum atomic E-state index is -0.0497. The van der Waals surface area contributed by atoms with Crippen LogP contribution in [0.4, 0.5) is 0 Å². The molecule has 3 aliphatic rings. The number of aryl methyl sites for hydroxylation is 2. The highest BCUT2D eigenvalue weighted by molar-refractivity contribution is 6.09. The number of hydrogen-bond donors (Lipinski definition) is 1. The van der Waals surface area contributed by atoms with Gasteiger partial charge in [-0.2, -0.15) is 0 Å². The summed E-state index contributed by atoms with van der Waals surface area (Å²) in [5, 5.41) is 4.52. The molecule has 2 amide bonds. The van der Waals surface area contributed by atoms with E-state index in [4.69, 9.17) is 9.47 Å². The maximum Gasteiger partial charge on any atom is 0.256 e. The van der Waals surface area contributed by atoms with Gasteiger partial charge in [0.1, 0.15) is 18.1 Å². The van der Waals surface area contributed by atoms with E-state index in [9.17, 15) is 9.59 Å². The molecule has 2 aromatic carbocycles. The van der Waals surface area contributed by atoms with Crippen molar-refractivity contribution in [2.45, 2.75) is 58.7 Å². The van der Waals surface area contributed by atoms with E-state index in [1.54, 1.807) is 12.0 Å². The zero-order valence-electron chi connectivity index (χ0n) is 23.1. The molecule has 0 aliphatic carbocycles.